The Bertz CT molecular complexity index is 662. The van der Waals surface area contributed by atoms with Gasteiger partial charge in [-0.1, -0.05) is 17.7 Å². The topological polar surface area (TPSA) is 45.4 Å². The van der Waals surface area contributed by atoms with Gasteiger partial charge in [0.1, 0.15) is 11.6 Å². The smallest absolute Gasteiger partial charge is 0.128 e. The fraction of sp³-hybridized carbons (Fsp3) is 0.353. The van der Waals surface area contributed by atoms with E-state index in [9.17, 15) is 4.39 Å². The molecule has 2 aromatic rings. The van der Waals surface area contributed by atoms with Crippen LogP contribution >= 0.6 is 11.6 Å². The molecule has 1 aliphatic rings. The van der Waals surface area contributed by atoms with Gasteiger partial charge in [-0.3, -0.25) is 4.90 Å². The van der Waals surface area contributed by atoms with Gasteiger partial charge in [-0.15, -0.1) is 0 Å². The van der Waals surface area contributed by atoms with Crippen molar-refractivity contribution in [2.24, 2.45) is 0 Å². The Balaban J connectivity index is 1.63. The van der Waals surface area contributed by atoms with E-state index >= 15 is 0 Å². The van der Waals surface area contributed by atoms with Crippen LogP contribution in [0.2, 0.25) is 5.02 Å². The zero-order valence-corrected chi connectivity index (χ0v) is 13.6. The van der Waals surface area contributed by atoms with Gasteiger partial charge in [0.05, 0.1) is 11.9 Å². The quantitative estimate of drug-likeness (QED) is 0.936. The van der Waals surface area contributed by atoms with Crippen LogP contribution in [0.4, 0.5) is 15.9 Å². The summed E-state index contributed by atoms with van der Waals surface area (Å²) in [6.07, 6.45) is 2.74. The molecular formula is C17H20ClFN4. The first-order valence-electron chi connectivity index (χ1n) is 7.74. The molecule has 23 heavy (non-hydrogen) atoms. The first kappa shape index (κ1) is 16.0. The third-order valence-electron chi connectivity index (χ3n) is 4.09. The predicted octanol–water partition coefficient (Wildman–Crippen LogP) is 3.17. The van der Waals surface area contributed by atoms with Crippen molar-refractivity contribution in [3.8, 4) is 0 Å². The lowest BCUT2D eigenvalue weighted by atomic mass is 10.2. The summed E-state index contributed by atoms with van der Waals surface area (Å²) in [7, 11) is 0. The van der Waals surface area contributed by atoms with E-state index < -0.39 is 0 Å². The summed E-state index contributed by atoms with van der Waals surface area (Å²) in [5.74, 6) is 0.663. The summed E-state index contributed by atoms with van der Waals surface area (Å²) in [6, 6.07) is 8.44. The average Bonchev–Trinajstić information content (AvgIpc) is 2.77. The molecule has 4 nitrogen and oxygen atoms in total. The van der Waals surface area contributed by atoms with Crippen molar-refractivity contribution < 1.29 is 4.39 Å². The summed E-state index contributed by atoms with van der Waals surface area (Å²) in [5.41, 5.74) is 7.33. The molecule has 0 amide bonds. The molecule has 2 N–H and O–H groups in total. The molecule has 1 fully saturated rings. The molecule has 0 saturated carbocycles. The van der Waals surface area contributed by atoms with Crippen LogP contribution in [0.1, 0.15) is 12.0 Å². The van der Waals surface area contributed by atoms with E-state index in [-0.39, 0.29) is 5.82 Å². The minimum atomic E-state index is -0.296. The fourth-order valence-corrected chi connectivity index (χ4v) is 3.06. The highest BCUT2D eigenvalue weighted by atomic mass is 35.5. The highest BCUT2D eigenvalue weighted by molar-refractivity contribution is 6.31. The molecule has 0 atom stereocenters. The standard InChI is InChI=1S/C17H20ClFN4/c18-16-10-14(19)3-2-13(16)12-22-6-1-7-23(9-8-22)17-5-4-15(20)11-21-17/h2-5,10-11H,1,6-9,12,20H2. The van der Waals surface area contributed by atoms with Crippen LogP contribution in [0.25, 0.3) is 0 Å². The van der Waals surface area contributed by atoms with Crippen molar-refractivity contribution in [2.45, 2.75) is 13.0 Å². The first-order chi connectivity index (χ1) is 11.1. The highest BCUT2D eigenvalue weighted by Gasteiger charge is 2.17. The number of rotatable bonds is 3. The lowest BCUT2D eigenvalue weighted by Crippen LogP contribution is -2.31. The summed E-state index contributed by atoms with van der Waals surface area (Å²) in [4.78, 5) is 9.01. The van der Waals surface area contributed by atoms with Crippen LogP contribution < -0.4 is 10.6 Å². The maximum atomic E-state index is 13.1. The molecule has 1 aliphatic heterocycles. The van der Waals surface area contributed by atoms with E-state index in [0.29, 0.717) is 10.7 Å². The molecule has 1 aromatic carbocycles. The molecule has 0 radical (unpaired) electrons. The van der Waals surface area contributed by atoms with Crippen molar-refractivity contribution in [2.75, 3.05) is 36.8 Å². The SMILES string of the molecule is Nc1ccc(N2CCCN(Cc3ccc(F)cc3Cl)CC2)nc1. The number of pyridine rings is 1. The average molecular weight is 335 g/mol. The van der Waals surface area contributed by atoms with E-state index in [1.54, 1.807) is 12.3 Å². The Morgan fingerprint density at radius 3 is 2.74 bits per heavy atom. The molecule has 1 aromatic heterocycles. The lowest BCUT2D eigenvalue weighted by molar-refractivity contribution is 0.285. The normalized spacial score (nSPS) is 16.3. The number of halogens is 2. The van der Waals surface area contributed by atoms with Gasteiger partial charge in [0.15, 0.2) is 0 Å². The van der Waals surface area contributed by atoms with E-state index in [0.717, 1.165) is 50.5 Å². The fourth-order valence-electron chi connectivity index (χ4n) is 2.83. The second kappa shape index (κ2) is 7.15. The van der Waals surface area contributed by atoms with Gasteiger partial charge in [0, 0.05) is 37.7 Å². The Labute approximate surface area is 140 Å². The van der Waals surface area contributed by atoms with Crippen molar-refractivity contribution in [1.82, 2.24) is 9.88 Å². The Hall–Kier alpha value is -1.85. The number of hydrogen-bond donors (Lipinski definition) is 1. The maximum absolute atomic E-state index is 13.1. The van der Waals surface area contributed by atoms with Crippen molar-refractivity contribution in [1.29, 1.82) is 0 Å². The van der Waals surface area contributed by atoms with Gasteiger partial charge in [-0.2, -0.15) is 0 Å². The lowest BCUT2D eigenvalue weighted by Gasteiger charge is -2.23. The van der Waals surface area contributed by atoms with Gasteiger partial charge in [0.25, 0.3) is 0 Å². The number of aromatic nitrogens is 1. The van der Waals surface area contributed by atoms with Gasteiger partial charge in [-0.05, 0) is 36.2 Å². The summed E-state index contributed by atoms with van der Waals surface area (Å²) in [5, 5.41) is 0.492. The summed E-state index contributed by atoms with van der Waals surface area (Å²) >= 11 is 6.13. The molecule has 1 saturated heterocycles. The third kappa shape index (κ3) is 4.12. The molecule has 0 spiro atoms. The number of nitrogens with zero attached hydrogens (tertiary/aromatic N) is 3. The number of hydrogen-bond acceptors (Lipinski definition) is 4. The number of benzene rings is 1. The zero-order valence-electron chi connectivity index (χ0n) is 12.9. The van der Waals surface area contributed by atoms with Crippen LogP contribution in [0.5, 0.6) is 0 Å². The van der Waals surface area contributed by atoms with Gasteiger partial charge < -0.3 is 10.6 Å². The molecular weight excluding hydrogens is 315 g/mol. The van der Waals surface area contributed by atoms with E-state index in [1.807, 2.05) is 12.1 Å². The Morgan fingerprint density at radius 1 is 1.13 bits per heavy atom. The van der Waals surface area contributed by atoms with Crippen molar-refractivity contribution in [3.63, 3.8) is 0 Å². The van der Waals surface area contributed by atoms with Crippen LogP contribution in [-0.2, 0) is 6.54 Å². The highest BCUT2D eigenvalue weighted by Crippen LogP contribution is 2.21. The minimum absolute atomic E-state index is 0.296. The molecule has 3 rings (SSSR count). The maximum Gasteiger partial charge on any atom is 0.128 e. The van der Waals surface area contributed by atoms with Crippen LogP contribution in [0.15, 0.2) is 36.5 Å². The Kier molecular flexibility index (Phi) is 4.98. The second-order valence-electron chi connectivity index (χ2n) is 5.80. The van der Waals surface area contributed by atoms with E-state index in [2.05, 4.69) is 14.8 Å². The molecule has 0 unspecified atom stereocenters. The minimum Gasteiger partial charge on any atom is -0.397 e. The van der Waals surface area contributed by atoms with Crippen molar-refractivity contribution >= 4 is 23.1 Å². The number of anilines is 2. The molecule has 6 heteroatoms. The molecule has 122 valence electrons. The zero-order chi connectivity index (χ0) is 16.2. The van der Waals surface area contributed by atoms with Crippen LogP contribution in [0, 0.1) is 5.82 Å². The van der Waals surface area contributed by atoms with E-state index in [1.165, 1.54) is 12.1 Å². The first-order valence-corrected chi connectivity index (χ1v) is 8.12. The Morgan fingerprint density at radius 2 is 2.00 bits per heavy atom. The van der Waals surface area contributed by atoms with Crippen LogP contribution in [0.3, 0.4) is 0 Å². The third-order valence-corrected chi connectivity index (χ3v) is 4.44. The van der Waals surface area contributed by atoms with Crippen molar-refractivity contribution in [3.05, 3.63) is 52.9 Å². The largest absolute Gasteiger partial charge is 0.397 e. The number of nitrogens with two attached hydrogens (primary N) is 1. The monoisotopic (exact) mass is 334 g/mol. The molecule has 0 bridgehead atoms. The molecule has 2 heterocycles. The van der Waals surface area contributed by atoms with Gasteiger partial charge in [-0.25, -0.2) is 9.37 Å². The summed E-state index contributed by atoms with van der Waals surface area (Å²) < 4.78 is 13.1. The van der Waals surface area contributed by atoms with E-state index in [4.69, 9.17) is 17.3 Å². The van der Waals surface area contributed by atoms with Gasteiger partial charge in [0.2, 0.25) is 0 Å². The van der Waals surface area contributed by atoms with Gasteiger partial charge >= 0.3 is 0 Å². The molecule has 0 aliphatic carbocycles. The second-order valence-corrected chi connectivity index (χ2v) is 6.21. The summed E-state index contributed by atoms with van der Waals surface area (Å²) in [6.45, 7) is 4.50. The number of nitrogen functional groups attached to an aromatic ring is 1. The predicted molar refractivity (Wildman–Crippen MR) is 92.2 cm³/mol. The van der Waals surface area contributed by atoms with Crippen LogP contribution in [-0.4, -0.2) is 36.1 Å².